The molecule has 1 aromatic carbocycles. The third-order valence-corrected chi connectivity index (χ3v) is 4.44. The van der Waals surface area contributed by atoms with Crippen LogP contribution < -0.4 is 0 Å². The third-order valence-electron chi connectivity index (χ3n) is 3.19. The number of nitrogens with zero attached hydrogens (tertiary/aromatic N) is 2. The molecule has 1 N–H and O–H groups in total. The summed E-state index contributed by atoms with van der Waals surface area (Å²) >= 11 is 3.53. The maximum absolute atomic E-state index is 10.4. The molecule has 0 radical (unpaired) electrons. The highest BCUT2D eigenvalue weighted by molar-refractivity contribution is 9.10. The van der Waals surface area contributed by atoms with E-state index in [4.69, 9.17) is 9.63 Å². The van der Waals surface area contributed by atoms with Crippen LogP contribution in [-0.2, 0) is 11.2 Å². The number of unbranched alkanes of at least 4 members (excludes halogenated alkanes) is 1. The first kappa shape index (κ1) is 15.7. The molecule has 1 heterocycles. The minimum absolute atomic E-state index is 0.173. The van der Waals surface area contributed by atoms with Gasteiger partial charge in [0, 0.05) is 22.9 Å². The Balaban J connectivity index is 2.04. The van der Waals surface area contributed by atoms with Gasteiger partial charge in [-0.15, -0.1) is 0 Å². The van der Waals surface area contributed by atoms with Crippen LogP contribution >= 0.6 is 15.9 Å². The maximum Gasteiger partial charge on any atom is 0.303 e. The van der Waals surface area contributed by atoms with Gasteiger partial charge in [-0.3, -0.25) is 4.79 Å². The van der Waals surface area contributed by atoms with Crippen molar-refractivity contribution in [1.82, 2.24) is 10.1 Å². The van der Waals surface area contributed by atoms with Gasteiger partial charge in [-0.1, -0.05) is 21.1 Å². The van der Waals surface area contributed by atoms with E-state index in [1.54, 1.807) is 0 Å². The van der Waals surface area contributed by atoms with Gasteiger partial charge in [-0.05, 0) is 49.9 Å². The topological polar surface area (TPSA) is 76.2 Å². The Labute approximate surface area is 131 Å². The molecule has 2 rings (SSSR count). The average Bonchev–Trinajstić information content (AvgIpc) is 2.89. The highest BCUT2D eigenvalue weighted by atomic mass is 79.9. The Morgan fingerprint density at radius 2 is 1.95 bits per heavy atom. The molecular formula is C15H17BrN2O3. The summed E-state index contributed by atoms with van der Waals surface area (Å²) in [5.41, 5.74) is 3.17. The normalized spacial score (nSPS) is 10.8. The van der Waals surface area contributed by atoms with Crippen molar-refractivity contribution in [2.45, 2.75) is 39.5 Å². The summed E-state index contributed by atoms with van der Waals surface area (Å²) in [6.45, 7) is 4.04. The van der Waals surface area contributed by atoms with Crippen molar-refractivity contribution >= 4 is 21.9 Å². The quantitative estimate of drug-likeness (QED) is 0.797. The number of carbonyl (C=O) groups is 1. The Hall–Kier alpha value is -1.69. The molecule has 0 unspecified atom stereocenters. The van der Waals surface area contributed by atoms with Crippen molar-refractivity contribution in [1.29, 1.82) is 0 Å². The monoisotopic (exact) mass is 352 g/mol. The second kappa shape index (κ2) is 6.85. The minimum Gasteiger partial charge on any atom is -0.481 e. The van der Waals surface area contributed by atoms with E-state index < -0.39 is 5.97 Å². The lowest BCUT2D eigenvalue weighted by molar-refractivity contribution is -0.137. The molecule has 1 aromatic heterocycles. The van der Waals surface area contributed by atoms with E-state index in [0.717, 1.165) is 27.6 Å². The summed E-state index contributed by atoms with van der Waals surface area (Å²) in [6, 6.07) is 4.02. The van der Waals surface area contributed by atoms with E-state index in [0.29, 0.717) is 24.6 Å². The zero-order chi connectivity index (χ0) is 15.4. The van der Waals surface area contributed by atoms with E-state index in [1.807, 2.05) is 26.0 Å². The fourth-order valence-electron chi connectivity index (χ4n) is 2.10. The minimum atomic E-state index is -0.776. The second-order valence-electron chi connectivity index (χ2n) is 5.04. The summed E-state index contributed by atoms with van der Waals surface area (Å²) in [4.78, 5) is 14.8. The summed E-state index contributed by atoms with van der Waals surface area (Å²) in [5.74, 6) is 0.345. The van der Waals surface area contributed by atoms with Crippen molar-refractivity contribution in [2.75, 3.05) is 0 Å². The largest absolute Gasteiger partial charge is 0.481 e. The van der Waals surface area contributed by atoms with E-state index in [2.05, 4.69) is 26.1 Å². The van der Waals surface area contributed by atoms with Crippen molar-refractivity contribution in [3.05, 3.63) is 33.6 Å². The van der Waals surface area contributed by atoms with Crippen LogP contribution in [0.15, 0.2) is 21.1 Å². The Bertz CT molecular complexity index is 629. The number of aromatic nitrogens is 2. The molecule has 0 fully saturated rings. The molecular weight excluding hydrogens is 336 g/mol. The summed E-state index contributed by atoms with van der Waals surface area (Å²) in [5, 5.41) is 12.6. The predicted octanol–water partition coefficient (Wildman–Crippen LogP) is 3.91. The van der Waals surface area contributed by atoms with E-state index in [9.17, 15) is 4.79 Å². The molecule has 0 aliphatic heterocycles. The lowest BCUT2D eigenvalue weighted by atomic mass is 10.1. The maximum atomic E-state index is 10.4. The number of aliphatic carboxylic acids is 1. The van der Waals surface area contributed by atoms with Crippen molar-refractivity contribution in [2.24, 2.45) is 0 Å². The van der Waals surface area contributed by atoms with Gasteiger partial charge in [0.05, 0.1) is 0 Å². The Morgan fingerprint density at radius 3 is 2.57 bits per heavy atom. The molecule has 112 valence electrons. The van der Waals surface area contributed by atoms with Crippen LogP contribution in [0, 0.1) is 13.8 Å². The highest BCUT2D eigenvalue weighted by Gasteiger charge is 2.11. The van der Waals surface area contributed by atoms with Gasteiger partial charge in [0.2, 0.25) is 11.7 Å². The number of carboxylic acid groups (broad SMARTS) is 1. The van der Waals surface area contributed by atoms with Crippen LogP contribution in [0.25, 0.3) is 11.4 Å². The number of rotatable bonds is 6. The van der Waals surface area contributed by atoms with Crippen molar-refractivity contribution in [3.8, 4) is 11.4 Å². The fraction of sp³-hybridized carbons (Fsp3) is 0.400. The zero-order valence-corrected chi connectivity index (χ0v) is 13.6. The molecule has 2 aromatic rings. The molecule has 0 aliphatic rings. The predicted molar refractivity (Wildman–Crippen MR) is 82.1 cm³/mol. The molecule has 0 spiro atoms. The SMILES string of the molecule is Cc1cc(-c2noc(CCCCC(=O)O)n2)cc(C)c1Br. The fourth-order valence-corrected chi connectivity index (χ4v) is 2.33. The van der Waals surface area contributed by atoms with Crippen LogP contribution in [0.4, 0.5) is 0 Å². The number of aryl methyl sites for hydroxylation is 3. The lowest BCUT2D eigenvalue weighted by Gasteiger charge is -2.04. The average molecular weight is 353 g/mol. The van der Waals surface area contributed by atoms with E-state index in [1.165, 1.54) is 0 Å². The lowest BCUT2D eigenvalue weighted by Crippen LogP contribution is -1.95. The molecule has 0 aliphatic carbocycles. The third kappa shape index (κ3) is 4.14. The standard InChI is InChI=1S/C15H17BrN2O3/c1-9-7-11(8-10(2)14(9)16)15-17-12(21-18-15)5-3-4-6-13(19)20/h7-8H,3-6H2,1-2H3,(H,19,20). The molecule has 0 atom stereocenters. The first-order valence-corrected chi connectivity index (χ1v) is 7.58. The first-order valence-electron chi connectivity index (χ1n) is 6.79. The number of benzene rings is 1. The number of halogens is 1. The smallest absolute Gasteiger partial charge is 0.303 e. The van der Waals surface area contributed by atoms with Crippen LogP contribution in [-0.4, -0.2) is 21.2 Å². The molecule has 0 saturated carbocycles. The second-order valence-corrected chi connectivity index (χ2v) is 5.83. The van der Waals surface area contributed by atoms with Gasteiger partial charge in [0.15, 0.2) is 0 Å². The number of carboxylic acids is 1. The number of hydrogen-bond donors (Lipinski definition) is 1. The van der Waals surface area contributed by atoms with Gasteiger partial charge in [-0.25, -0.2) is 0 Å². The molecule has 0 saturated heterocycles. The molecule has 5 nitrogen and oxygen atoms in total. The van der Waals surface area contributed by atoms with E-state index >= 15 is 0 Å². The van der Waals surface area contributed by atoms with Gasteiger partial charge < -0.3 is 9.63 Å². The van der Waals surface area contributed by atoms with Gasteiger partial charge in [0.1, 0.15) is 0 Å². The summed E-state index contributed by atoms with van der Waals surface area (Å²) in [7, 11) is 0. The van der Waals surface area contributed by atoms with Gasteiger partial charge in [-0.2, -0.15) is 4.98 Å². The van der Waals surface area contributed by atoms with Crippen LogP contribution in [0.2, 0.25) is 0 Å². The van der Waals surface area contributed by atoms with Gasteiger partial charge >= 0.3 is 5.97 Å². The van der Waals surface area contributed by atoms with E-state index in [-0.39, 0.29) is 6.42 Å². The first-order chi connectivity index (χ1) is 9.97. The molecule has 6 heteroatoms. The van der Waals surface area contributed by atoms with Crippen LogP contribution in [0.5, 0.6) is 0 Å². The molecule has 0 amide bonds. The summed E-state index contributed by atoms with van der Waals surface area (Å²) in [6.07, 6.45) is 2.12. The Morgan fingerprint density at radius 1 is 1.29 bits per heavy atom. The Kier molecular flexibility index (Phi) is 5.12. The summed E-state index contributed by atoms with van der Waals surface area (Å²) < 4.78 is 6.30. The molecule has 21 heavy (non-hydrogen) atoms. The van der Waals surface area contributed by atoms with Crippen molar-refractivity contribution in [3.63, 3.8) is 0 Å². The van der Waals surface area contributed by atoms with Crippen molar-refractivity contribution < 1.29 is 14.4 Å². The highest BCUT2D eigenvalue weighted by Crippen LogP contribution is 2.27. The van der Waals surface area contributed by atoms with Crippen LogP contribution in [0.1, 0.15) is 36.3 Å². The zero-order valence-electron chi connectivity index (χ0n) is 12.0. The number of hydrogen-bond acceptors (Lipinski definition) is 4. The van der Waals surface area contributed by atoms with Crippen LogP contribution in [0.3, 0.4) is 0 Å². The molecule has 0 bridgehead atoms. The van der Waals surface area contributed by atoms with Gasteiger partial charge in [0.25, 0.3) is 0 Å².